The van der Waals surface area contributed by atoms with E-state index in [1.165, 1.54) is 51.4 Å². The molecule has 0 unspecified atom stereocenters. The maximum Gasteiger partial charge on any atom is 0.317 e. The van der Waals surface area contributed by atoms with Gasteiger partial charge in [0, 0.05) is 36.6 Å². The second-order valence-corrected chi connectivity index (χ2v) is 9.22. The van der Waals surface area contributed by atoms with Crippen molar-refractivity contribution in [2.75, 3.05) is 13.2 Å². The highest BCUT2D eigenvalue weighted by Crippen LogP contribution is 2.52. The molecule has 136 valence electrons. The lowest BCUT2D eigenvalue weighted by Crippen LogP contribution is -2.68. The largest absolute Gasteiger partial charge is 0.377 e. The Balaban J connectivity index is 1.35. The number of nitrogens with one attached hydrogen (secondary N) is 1. The molecule has 4 atom stereocenters. The average molecular weight is 335 g/mol. The molecule has 0 bridgehead atoms. The Morgan fingerprint density at radius 1 is 1.12 bits per heavy atom. The zero-order valence-electron chi connectivity index (χ0n) is 15.4. The van der Waals surface area contributed by atoms with Gasteiger partial charge in [-0.2, -0.15) is 0 Å². The molecule has 4 heteroatoms. The molecule has 24 heavy (non-hydrogen) atoms. The van der Waals surface area contributed by atoms with Gasteiger partial charge in [0.15, 0.2) is 0 Å². The molecular weight excluding hydrogens is 300 g/mol. The number of ether oxygens (including phenoxy) is 1. The van der Waals surface area contributed by atoms with Gasteiger partial charge in [-0.3, -0.25) is 0 Å². The molecule has 4 rings (SSSR count). The quantitative estimate of drug-likeness (QED) is 0.849. The Morgan fingerprint density at radius 3 is 2.71 bits per heavy atom. The number of hydrogen-bond donors (Lipinski definition) is 1. The fourth-order valence-corrected chi connectivity index (χ4v) is 5.99. The topological polar surface area (TPSA) is 41.6 Å². The third kappa shape index (κ3) is 2.85. The number of likely N-dealkylation sites (tertiary alicyclic amines) is 1. The zero-order chi connectivity index (χ0) is 16.7. The predicted molar refractivity (Wildman–Crippen MR) is 94.9 cm³/mol. The van der Waals surface area contributed by atoms with Crippen molar-refractivity contribution in [1.29, 1.82) is 0 Å². The van der Waals surface area contributed by atoms with E-state index in [9.17, 15) is 4.79 Å². The van der Waals surface area contributed by atoms with Crippen LogP contribution >= 0.6 is 0 Å². The first-order valence-corrected chi connectivity index (χ1v) is 10.3. The van der Waals surface area contributed by atoms with Crippen molar-refractivity contribution in [3.05, 3.63) is 0 Å². The molecule has 1 N–H and O–H groups in total. The van der Waals surface area contributed by atoms with Crippen LogP contribution in [0.3, 0.4) is 0 Å². The summed E-state index contributed by atoms with van der Waals surface area (Å²) in [6.45, 7) is 6.29. The van der Waals surface area contributed by atoms with Crippen molar-refractivity contribution in [1.82, 2.24) is 10.2 Å². The van der Waals surface area contributed by atoms with E-state index in [1.54, 1.807) is 0 Å². The van der Waals surface area contributed by atoms with E-state index in [0.29, 0.717) is 18.1 Å². The number of carbonyl (C=O) groups is 1. The molecule has 0 spiro atoms. The van der Waals surface area contributed by atoms with Crippen LogP contribution in [0.2, 0.25) is 0 Å². The fraction of sp³-hybridized carbons (Fsp3) is 0.950. The lowest BCUT2D eigenvalue weighted by Gasteiger charge is -2.54. The summed E-state index contributed by atoms with van der Waals surface area (Å²) in [5.41, 5.74) is 0.0788. The molecule has 4 nitrogen and oxygen atoms in total. The minimum absolute atomic E-state index is 0.0788. The van der Waals surface area contributed by atoms with Crippen molar-refractivity contribution in [2.45, 2.75) is 89.8 Å². The number of amides is 2. The lowest BCUT2D eigenvalue weighted by molar-refractivity contribution is -0.109. The Kier molecular flexibility index (Phi) is 4.53. The molecule has 0 aromatic rings. The first-order chi connectivity index (χ1) is 11.6. The van der Waals surface area contributed by atoms with Crippen LogP contribution in [-0.4, -0.2) is 42.3 Å². The third-order valence-electron chi connectivity index (χ3n) is 7.35. The molecule has 2 saturated heterocycles. The van der Waals surface area contributed by atoms with Gasteiger partial charge in [-0.15, -0.1) is 0 Å². The van der Waals surface area contributed by atoms with Crippen molar-refractivity contribution < 1.29 is 9.53 Å². The van der Waals surface area contributed by atoms with Crippen LogP contribution in [0.15, 0.2) is 0 Å². The Labute approximate surface area is 146 Å². The molecule has 0 aromatic carbocycles. The zero-order valence-corrected chi connectivity index (χ0v) is 15.4. The van der Waals surface area contributed by atoms with E-state index in [1.807, 2.05) is 0 Å². The highest BCUT2D eigenvalue weighted by molar-refractivity contribution is 5.75. The molecular formula is C20H34N2O2. The van der Waals surface area contributed by atoms with Crippen LogP contribution in [0, 0.1) is 17.3 Å². The number of carbonyl (C=O) groups excluding carboxylic acids is 1. The molecule has 4 aliphatic rings. The summed E-state index contributed by atoms with van der Waals surface area (Å²) in [6.07, 6.45) is 12.0. The van der Waals surface area contributed by atoms with Gasteiger partial charge in [0.25, 0.3) is 0 Å². The minimum atomic E-state index is 0.0788. The average Bonchev–Trinajstić information content (AvgIpc) is 3.21. The van der Waals surface area contributed by atoms with E-state index in [2.05, 4.69) is 24.1 Å². The maximum atomic E-state index is 13.0. The molecule has 2 saturated carbocycles. The number of fused-ring (bicyclic) bond motifs is 1. The molecule has 0 radical (unpaired) electrons. The van der Waals surface area contributed by atoms with E-state index in [4.69, 9.17) is 4.74 Å². The highest BCUT2D eigenvalue weighted by atomic mass is 16.5. The van der Waals surface area contributed by atoms with Gasteiger partial charge < -0.3 is 15.0 Å². The Hall–Kier alpha value is -0.770. The summed E-state index contributed by atoms with van der Waals surface area (Å²) >= 11 is 0. The van der Waals surface area contributed by atoms with Crippen LogP contribution in [0.1, 0.15) is 71.6 Å². The SMILES string of the molecule is CC1(C)[C@H](NC(=O)N2CCC[C@@H]2CC2CCCCC2)[C@H]2CCO[C@@H]21. The van der Waals surface area contributed by atoms with Gasteiger partial charge in [0.1, 0.15) is 0 Å². The van der Waals surface area contributed by atoms with Crippen LogP contribution in [0.5, 0.6) is 0 Å². The summed E-state index contributed by atoms with van der Waals surface area (Å²) in [7, 11) is 0. The number of urea groups is 1. The first kappa shape index (κ1) is 16.7. The molecule has 2 aliphatic carbocycles. The molecule has 2 heterocycles. The smallest absolute Gasteiger partial charge is 0.317 e. The van der Waals surface area contributed by atoms with Crippen LogP contribution in [0.25, 0.3) is 0 Å². The summed E-state index contributed by atoms with van der Waals surface area (Å²) < 4.78 is 5.86. The standard InChI is InChI=1S/C20H34N2O2/c1-20(2)17(16-10-12-24-18(16)20)21-19(23)22-11-6-9-15(22)13-14-7-4-3-5-8-14/h14-18H,3-13H2,1-2H3,(H,21,23)/t15-,16-,17-,18+/m1/s1. The third-order valence-corrected chi connectivity index (χ3v) is 7.35. The van der Waals surface area contributed by atoms with Crippen LogP contribution in [0.4, 0.5) is 4.79 Å². The number of rotatable bonds is 3. The van der Waals surface area contributed by atoms with E-state index in [-0.39, 0.29) is 17.5 Å². The van der Waals surface area contributed by atoms with Crippen molar-refractivity contribution >= 4 is 6.03 Å². The second kappa shape index (κ2) is 6.51. The van der Waals surface area contributed by atoms with Gasteiger partial charge >= 0.3 is 6.03 Å². The van der Waals surface area contributed by atoms with Gasteiger partial charge in [-0.1, -0.05) is 46.0 Å². The highest BCUT2D eigenvalue weighted by Gasteiger charge is 2.60. The predicted octanol–water partition coefficient (Wildman–Crippen LogP) is 3.94. The maximum absolute atomic E-state index is 13.0. The lowest BCUT2D eigenvalue weighted by atomic mass is 9.57. The molecule has 0 aromatic heterocycles. The minimum Gasteiger partial charge on any atom is -0.377 e. The van der Waals surface area contributed by atoms with Gasteiger partial charge in [0.2, 0.25) is 0 Å². The van der Waals surface area contributed by atoms with Crippen LogP contribution in [-0.2, 0) is 4.74 Å². The van der Waals surface area contributed by atoms with E-state index >= 15 is 0 Å². The number of nitrogens with zero attached hydrogens (tertiary/aromatic N) is 1. The summed E-state index contributed by atoms with van der Waals surface area (Å²) in [5, 5.41) is 3.39. The van der Waals surface area contributed by atoms with E-state index in [0.717, 1.165) is 25.5 Å². The summed E-state index contributed by atoms with van der Waals surface area (Å²) in [5.74, 6) is 1.38. The Morgan fingerprint density at radius 2 is 1.92 bits per heavy atom. The first-order valence-electron chi connectivity index (χ1n) is 10.3. The fourth-order valence-electron chi connectivity index (χ4n) is 5.99. The molecule has 4 fully saturated rings. The Bertz CT molecular complexity index is 472. The van der Waals surface area contributed by atoms with Crippen molar-refractivity contribution in [2.24, 2.45) is 17.3 Å². The number of hydrogen-bond acceptors (Lipinski definition) is 2. The summed E-state index contributed by atoms with van der Waals surface area (Å²) in [4.78, 5) is 15.1. The van der Waals surface area contributed by atoms with Gasteiger partial charge in [-0.05, 0) is 31.6 Å². The van der Waals surface area contributed by atoms with Crippen molar-refractivity contribution in [3.63, 3.8) is 0 Å². The van der Waals surface area contributed by atoms with Gasteiger partial charge in [-0.25, -0.2) is 4.79 Å². The second-order valence-electron chi connectivity index (χ2n) is 9.22. The normalized spacial score (nSPS) is 38.7. The van der Waals surface area contributed by atoms with Crippen LogP contribution < -0.4 is 5.32 Å². The molecule has 2 amide bonds. The monoisotopic (exact) mass is 334 g/mol. The van der Waals surface area contributed by atoms with Gasteiger partial charge in [0.05, 0.1) is 6.10 Å². The summed E-state index contributed by atoms with van der Waals surface area (Å²) in [6, 6.07) is 0.956. The van der Waals surface area contributed by atoms with Crippen molar-refractivity contribution in [3.8, 4) is 0 Å². The molecule has 2 aliphatic heterocycles. The van der Waals surface area contributed by atoms with E-state index < -0.39 is 0 Å².